The van der Waals surface area contributed by atoms with Crippen molar-refractivity contribution in [1.82, 2.24) is 4.98 Å². The SMILES string of the molecule is O=C(O)c1cc(-c2ccc(N3C(=O)C4C5CCC(C5)C4C3=O)cc2)nc2ccc(Br)cc12. The zero-order valence-electron chi connectivity index (χ0n) is 17.0. The van der Waals surface area contributed by atoms with Crippen molar-refractivity contribution in [2.45, 2.75) is 19.3 Å². The standard InChI is InChI=1S/C25H19BrN2O4/c26-15-5-8-19-17(10-15)18(25(31)32)11-20(27-19)12-3-6-16(7-4-12)28-23(29)21-13-1-2-14(9-13)22(21)24(28)30/h3-8,10-11,13-14,21-22H,1-2,9H2,(H,31,32). The van der Waals surface area contributed by atoms with Gasteiger partial charge in [0.05, 0.1) is 34.3 Å². The zero-order valence-corrected chi connectivity index (χ0v) is 18.6. The molecule has 1 aromatic heterocycles. The Balaban J connectivity index is 1.36. The van der Waals surface area contributed by atoms with Crippen LogP contribution in [0.5, 0.6) is 0 Å². The summed E-state index contributed by atoms with van der Waals surface area (Å²) >= 11 is 3.38. The minimum absolute atomic E-state index is 0.0671. The first-order valence-electron chi connectivity index (χ1n) is 10.7. The summed E-state index contributed by atoms with van der Waals surface area (Å²) in [5, 5.41) is 10.2. The van der Waals surface area contributed by atoms with Crippen LogP contribution in [0.15, 0.2) is 53.0 Å². The quantitative estimate of drug-likeness (QED) is 0.527. The van der Waals surface area contributed by atoms with Crippen molar-refractivity contribution in [2.75, 3.05) is 4.90 Å². The van der Waals surface area contributed by atoms with E-state index >= 15 is 0 Å². The molecular formula is C25H19BrN2O4. The molecule has 2 amide bonds. The molecular weight excluding hydrogens is 472 g/mol. The zero-order chi connectivity index (χ0) is 22.1. The normalized spacial score (nSPS) is 26.2. The van der Waals surface area contributed by atoms with Gasteiger partial charge >= 0.3 is 5.97 Å². The number of benzene rings is 2. The largest absolute Gasteiger partial charge is 0.478 e. The van der Waals surface area contributed by atoms with E-state index in [0.29, 0.717) is 34.1 Å². The minimum atomic E-state index is -1.03. The summed E-state index contributed by atoms with van der Waals surface area (Å²) in [5.41, 5.74) is 2.57. The number of pyridine rings is 1. The Kier molecular flexibility index (Phi) is 4.27. The third-order valence-electron chi connectivity index (χ3n) is 7.35. The Morgan fingerprint density at radius 3 is 2.25 bits per heavy atom. The Morgan fingerprint density at radius 2 is 1.62 bits per heavy atom. The molecule has 1 saturated heterocycles. The molecule has 6 rings (SSSR count). The van der Waals surface area contributed by atoms with E-state index in [1.165, 1.54) is 4.90 Å². The number of aromatic nitrogens is 1. The molecule has 3 fully saturated rings. The maximum absolute atomic E-state index is 13.1. The number of hydrogen-bond donors (Lipinski definition) is 1. The maximum atomic E-state index is 13.1. The average Bonchev–Trinajstić information content (AvgIpc) is 3.47. The molecule has 4 atom stereocenters. The molecule has 2 saturated carbocycles. The Bertz CT molecular complexity index is 1290. The number of halogens is 1. The van der Waals surface area contributed by atoms with Gasteiger partial charge in [0.25, 0.3) is 0 Å². The number of fused-ring (bicyclic) bond motifs is 6. The Morgan fingerprint density at radius 1 is 0.969 bits per heavy atom. The van der Waals surface area contributed by atoms with Crippen LogP contribution in [0.4, 0.5) is 5.69 Å². The highest BCUT2D eigenvalue weighted by Gasteiger charge is 2.61. The lowest BCUT2D eigenvalue weighted by molar-refractivity contribution is -0.123. The number of carboxylic acids is 1. The summed E-state index contributed by atoms with van der Waals surface area (Å²) in [6, 6.07) is 14.0. The van der Waals surface area contributed by atoms with E-state index in [1.54, 1.807) is 42.5 Å². The van der Waals surface area contributed by atoms with Gasteiger partial charge in [-0.15, -0.1) is 0 Å². The molecule has 0 spiro atoms. The van der Waals surface area contributed by atoms with Gasteiger partial charge < -0.3 is 5.11 Å². The lowest BCUT2D eigenvalue weighted by Gasteiger charge is -2.19. The van der Waals surface area contributed by atoms with Gasteiger partial charge in [0.2, 0.25) is 11.8 Å². The van der Waals surface area contributed by atoms with Gasteiger partial charge in [-0.3, -0.25) is 14.5 Å². The molecule has 6 nitrogen and oxygen atoms in total. The van der Waals surface area contributed by atoms with Crippen molar-refractivity contribution in [3.63, 3.8) is 0 Å². The van der Waals surface area contributed by atoms with Crippen LogP contribution in [0.25, 0.3) is 22.2 Å². The first-order valence-corrected chi connectivity index (χ1v) is 11.5. The molecule has 3 aliphatic rings. The van der Waals surface area contributed by atoms with E-state index in [4.69, 9.17) is 0 Å². The van der Waals surface area contributed by atoms with Crippen LogP contribution in [-0.2, 0) is 9.59 Å². The lowest BCUT2D eigenvalue weighted by atomic mass is 9.81. The molecule has 1 aliphatic heterocycles. The number of amides is 2. The molecule has 0 radical (unpaired) electrons. The summed E-state index contributed by atoms with van der Waals surface area (Å²) in [5.74, 6) is -0.766. The van der Waals surface area contributed by atoms with Crippen LogP contribution >= 0.6 is 15.9 Å². The number of carbonyl (C=O) groups excluding carboxylic acids is 2. The predicted molar refractivity (Wildman–Crippen MR) is 122 cm³/mol. The smallest absolute Gasteiger partial charge is 0.336 e. The van der Waals surface area contributed by atoms with E-state index in [2.05, 4.69) is 20.9 Å². The minimum Gasteiger partial charge on any atom is -0.478 e. The summed E-state index contributed by atoms with van der Waals surface area (Å²) in [6.07, 6.45) is 3.11. The average molecular weight is 491 g/mol. The number of aromatic carboxylic acids is 1. The van der Waals surface area contributed by atoms with Crippen molar-refractivity contribution in [2.24, 2.45) is 23.7 Å². The highest BCUT2D eigenvalue weighted by Crippen LogP contribution is 2.56. The van der Waals surface area contributed by atoms with Crippen LogP contribution in [0.1, 0.15) is 29.6 Å². The lowest BCUT2D eigenvalue weighted by Crippen LogP contribution is -2.32. The van der Waals surface area contributed by atoms with Gasteiger partial charge in [-0.1, -0.05) is 28.1 Å². The molecule has 32 heavy (non-hydrogen) atoms. The topological polar surface area (TPSA) is 87.6 Å². The molecule has 2 bridgehead atoms. The molecule has 2 aromatic carbocycles. The molecule has 1 N–H and O–H groups in total. The fourth-order valence-corrected chi connectivity index (χ4v) is 6.33. The predicted octanol–water partition coefficient (Wildman–Crippen LogP) is 4.90. The fraction of sp³-hybridized carbons (Fsp3) is 0.280. The summed E-state index contributed by atoms with van der Waals surface area (Å²) in [7, 11) is 0. The van der Waals surface area contributed by atoms with Gasteiger partial charge in [0.15, 0.2) is 0 Å². The number of rotatable bonds is 3. The van der Waals surface area contributed by atoms with E-state index < -0.39 is 5.97 Å². The number of imide groups is 1. The van der Waals surface area contributed by atoms with Gasteiger partial charge in [0.1, 0.15) is 0 Å². The summed E-state index contributed by atoms with van der Waals surface area (Å²) in [6.45, 7) is 0. The molecule has 2 heterocycles. The maximum Gasteiger partial charge on any atom is 0.336 e. The van der Waals surface area contributed by atoms with E-state index in [9.17, 15) is 19.5 Å². The molecule has 7 heteroatoms. The number of anilines is 1. The highest BCUT2D eigenvalue weighted by atomic mass is 79.9. The Hall–Kier alpha value is -3.06. The van der Waals surface area contributed by atoms with Gasteiger partial charge in [-0.25, -0.2) is 9.78 Å². The summed E-state index contributed by atoms with van der Waals surface area (Å²) < 4.78 is 0.782. The van der Waals surface area contributed by atoms with Crippen LogP contribution in [0.3, 0.4) is 0 Å². The third-order valence-corrected chi connectivity index (χ3v) is 7.84. The highest BCUT2D eigenvalue weighted by molar-refractivity contribution is 9.10. The van der Waals surface area contributed by atoms with Crippen LogP contribution in [-0.4, -0.2) is 27.9 Å². The fourth-order valence-electron chi connectivity index (χ4n) is 5.97. The van der Waals surface area contributed by atoms with Crippen LogP contribution in [0.2, 0.25) is 0 Å². The number of carbonyl (C=O) groups is 3. The Labute approximate surface area is 192 Å². The molecule has 2 aliphatic carbocycles. The monoisotopic (exact) mass is 490 g/mol. The molecule has 3 aromatic rings. The van der Waals surface area contributed by atoms with E-state index in [1.807, 2.05) is 6.07 Å². The van der Waals surface area contributed by atoms with Gasteiger partial charge in [-0.2, -0.15) is 0 Å². The summed E-state index contributed by atoms with van der Waals surface area (Å²) in [4.78, 5) is 43.9. The number of hydrogen-bond acceptors (Lipinski definition) is 4. The van der Waals surface area contributed by atoms with Crippen molar-refractivity contribution < 1.29 is 19.5 Å². The van der Waals surface area contributed by atoms with Crippen molar-refractivity contribution in [3.8, 4) is 11.3 Å². The first kappa shape index (κ1) is 19.6. The van der Waals surface area contributed by atoms with E-state index in [-0.39, 0.29) is 29.2 Å². The van der Waals surface area contributed by atoms with Gasteiger partial charge in [0, 0.05) is 15.4 Å². The van der Waals surface area contributed by atoms with Crippen LogP contribution in [0, 0.1) is 23.7 Å². The number of nitrogens with zero attached hydrogens (tertiary/aromatic N) is 2. The second-order valence-electron chi connectivity index (χ2n) is 8.97. The third kappa shape index (κ3) is 2.77. The van der Waals surface area contributed by atoms with Gasteiger partial charge in [-0.05, 0) is 67.5 Å². The second-order valence-corrected chi connectivity index (χ2v) is 9.88. The van der Waals surface area contributed by atoms with Crippen molar-refractivity contribution in [1.29, 1.82) is 0 Å². The second kappa shape index (κ2) is 6.97. The molecule has 160 valence electrons. The van der Waals surface area contributed by atoms with Crippen molar-refractivity contribution in [3.05, 3.63) is 58.6 Å². The van der Waals surface area contributed by atoms with Crippen molar-refractivity contribution >= 4 is 50.3 Å². The van der Waals surface area contributed by atoms with Crippen LogP contribution < -0.4 is 4.90 Å². The van der Waals surface area contributed by atoms with E-state index in [0.717, 1.165) is 29.3 Å². The molecule has 4 unspecified atom stereocenters. The number of carboxylic acid groups (broad SMARTS) is 1. The first-order chi connectivity index (χ1) is 15.4.